The number of rotatable bonds is 9. The minimum absolute atomic E-state index is 0.0469. The van der Waals surface area contributed by atoms with Crippen LogP contribution in [-0.2, 0) is 17.3 Å². The summed E-state index contributed by atoms with van der Waals surface area (Å²) in [6.07, 6.45) is 9.18. The number of hydrogen-bond donors (Lipinski definition) is 6. The van der Waals surface area contributed by atoms with E-state index in [9.17, 15) is 5.11 Å². The van der Waals surface area contributed by atoms with Crippen LogP contribution in [0.1, 0.15) is 89.0 Å². The van der Waals surface area contributed by atoms with Crippen molar-refractivity contribution < 1.29 is 20.4 Å². The van der Waals surface area contributed by atoms with Crippen LogP contribution in [-0.4, -0.2) is 39.4 Å². The van der Waals surface area contributed by atoms with Crippen molar-refractivity contribution in [2.75, 3.05) is 6.61 Å². The Morgan fingerprint density at radius 3 is 2.00 bits per heavy atom. The van der Waals surface area contributed by atoms with Gasteiger partial charge in [0.2, 0.25) is 0 Å². The van der Waals surface area contributed by atoms with Crippen molar-refractivity contribution in [1.29, 1.82) is 0 Å². The first-order valence-electron chi connectivity index (χ1n) is 12.9. The van der Waals surface area contributed by atoms with Crippen LogP contribution in [0.2, 0.25) is 0 Å². The molecule has 1 aromatic carbocycles. The molecular formula is C30H52N2O4. The molecule has 1 aliphatic rings. The summed E-state index contributed by atoms with van der Waals surface area (Å²) in [4.78, 5) is 0. The quantitative estimate of drug-likeness (QED) is 0.159. The Morgan fingerprint density at radius 2 is 1.61 bits per heavy atom. The number of nitrogens with two attached hydrogens (primary N) is 2. The molecule has 0 spiro atoms. The van der Waals surface area contributed by atoms with Gasteiger partial charge in [-0.1, -0.05) is 78.5 Å². The first kappa shape index (κ1) is 33.9. The lowest BCUT2D eigenvalue weighted by Crippen LogP contribution is -2.34. The molecule has 0 bridgehead atoms. The molecule has 36 heavy (non-hydrogen) atoms. The molecule has 8 N–H and O–H groups in total. The van der Waals surface area contributed by atoms with Crippen LogP contribution in [0.4, 0.5) is 0 Å². The van der Waals surface area contributed by atoms with Crippen molar-refractivity contribution in [3.05, 3.63) is 71.7 Å². The predicted molar refractivity (Wildman–Crippen MR) is 152 cm³/mol. The van der Waals surface area contributed by atoms with E-state index in [1.165, 1.54) is 35.1 Å². The minimum Gasteiger partial charge on any atom is -0.516 e. The maximum Gasteiger partial charge on any atom is 0.156 e. The van der Waals surface area contributed by atoms with Gasteiger partial charge < -0.3 is 31.9 Å². The molecule has 2 rings (SSSR count). The Bertz CT molecular complexity index is 844. The smallest absolute Gasteiger partial charge is 0.156 e. The molecule has 0 saturated carbocycles. The van der Waals surface area contributed by atoms with E-state index < -0.39 is 6.29 Å². The average molecular weight is 505 g/mol. The van der Waals surface area contributed by atoms with Gasteiger partial charge in [0.1, 0.15) is 0 Å². The molecule has 0 heterocycles. The molecule has 6 heteroatoms. The molecule has 0 radical (unpaired) electrons. The molecule has 1 aliphatic carbocycles. The van der Waals surface area contributed by atoms with Gasteiger partial charge in [-0.15, -0.1) is 0 Å². The van der Waals surface area contributed by atoms with Crippen LogP contribution in [0, 0.1) is 12.8 Å². The maximum absolute atomic E-state index is 9.63. The second kappa shape index (κ2) is 15.9. The Hall–Kier alpha value is -2.12. The van der Waals surface area contributed by atoms with Crippen molar-refractivity contribution >= 4 is 0 Å². The molecular weight excluding hydrogens is 452 g/mol. The Balaban J connectivity index is 0.00000104. The number of aliphatic hydroxyl groups is 4. The highest BCUT2D eigenvalue weighted by molar-refractivity contribution is 5.47. The highest BCUT2D eigenvalue weighted by Gasteiger charge is 2.37. The van der Waals surface area contributed by atoms with Crippen LogP contribution in [0.5, 0.6) is 0 Å². The first-order valence-corrected chi connectivity index (χ1v) is 12.9. The van der Waals surface area contributed by atoms with Crippen LogP contribution in [0.3, 0.4) is 0 Å². The lowest BCUT2D eigenvalue weighted by atomic mass is 9.62. The predicted octanol–water partition coefficient (Wildman–Crippen LogP) is 5.03. The van der Waals surface area contributed by atoms with E-state index in [0.29, 0.717) is 0 Å². The van der Waals surface area contributed by atoms with E-state index in [2.05, 4.69) is 79.0 Å². The topological polar surface area (TPSA) is 133 Å². The third-order valence-corrected chi connectivity index (χ3v) is 6.86. The fraction of sp³-hybridized carbons (Fsp3) is 0.600. The van der Waals surface area contributed by atoms with E-state index in [1.54, 1.807) is 0 Å². The molecule has 206 valence electrons. The largest absolute Gasteiger partial charge is 0.516 e. The number of hydrogen-bond acceptors (Lipinski definition) is 6. The monoisotopic (exact) mass is 504 g/mol. The van der Waals surface area contributed by atoms with Gasteiger partial charge in [-0.05, 0) is 65.7 Å². The standard InChI is InChI=1S/C24H39NO.C4H9NO2.C2H4O/c1-7-9-22(25)19(16-26)11-8-10-18-15-21-20(14-17(18)2)23(3,4)12-13-24(21,5)6;1-3(5)2-4(6)7;1-2-3/h8,11,14-15,19,22,26H,7,9-10,12-13,16,25H2,1-6H3;4,6-7H,1-2,5H2;2-3H,1H2/b11-8+;;. The highest BCUT2D eigenvalue weighted by atomic mass is 16.5. The molecule has 0 aromatic heterocycles. The number of allylic oxidation sites excluding steroid dienone is 1. The summed E-state index contributed by atoms with van der Waals surface area (Å²) in [5, 5.41) is 33.2. The number of benzene rings is 1. The molecule has 1 aromatic rings. The van der Waals surface area contributed by atoms with E-state index >= 15 is 0 Å². The minimum atomic E-state index is -1.35. The lowest BCUT2D eigenvalue weighted by molar-refractivity contribution is -0.0381. The van der Waals surface area contributed by atoms with Crippen LogP contribution < -0.4 is 11.5 Å². The molecule has 0 saturated heterocycles. The van der Waals surface area contributed by atoms with Crippen molar-refractivity contribution in [2.24, 2.45) is 17.4 Å². The van der Waals surface area contributed by atoms with Gasteiger partial charge in [-0.3, -0.25) is 0 Å². The Kier molecular flexibility index (Phi) is 14.9. The molecule has 0 amide bonds. The van der Waals surface area contributed by atoms with Crippen molar-refractivity contribution in [3.8, 4) is 0 Å². The van der Waals surface area contributed by atoms with Gasteiger partial charge in [0.25, 0.3) is 0 Å². The third-order valence-electron chi connectivity index (χ3n) is 6.86. The number of fused-ring (bicyclic) bond motifs is 1. The zero-order chi connectivity index (χ0) is 28.1. The van der Waals surface area contributed by atoms with Crippen LogP contribution >= 0.6 is 0 Å². The summed E-state index contributed by atoms with van der Waals surface area (Å²) >= 11 is 0. The van der Waals surface area contributed by atoms with Gasteiger partial charge in [-0.25, -0.2) is 0 Å². The molecule has 6 nitrogen and oxygen atoms in total. The summed E-state index contributed by atoms with van der Waals surface area (Å²) < 4.78 is 0. The SMILES string of the molecule is C=C(N)CC(O)O.C=CO.CCCC(N)C(/C=C/Cc1cc2c(cc1C)C(C)(C)CCC2(C)C)CO. The fourth-order valence-electron chi connectivity index (χ4n) is 4.48. The second-order valence-electron chi connectivity index (χ2n) is 11.0. The van der Waals surface area contributed by atoms with Gasteiger partial charge in [0.15, 0.2) is 6.29 Å². The average Bonchev–Trinajstić information content (AvgIpc) is 2.75. The highest BCUT2D eigenvalue weighted by Crippen LogP contribution is 2.46. The van der Waals surface area contributed by atoms with E-state index in [0.717, 1.165) is 25.5 Å². The van der Waals surface area contributed by atoms with Crippen molar-refractivity contribution in [3.63, 3.8) is 0 Å². The third kappa shape index (κ3) is 11.3. The summed E-state index contributed by atoms with van der Waals surface area (Å²) in [7, 11) is 0. The van der Waals surface area contributed by atoms with Crippen LogP contribution in [0.25, 0.3) is 0 Å². The number of aliphatic hydroxyl groups excluding tert-OH is 3. The Morgan fingerprint density at radius 1 is 1.11 bits per heavy atom. The molecule has 2 unspecified atom stereocenters. The maximum atomic E-state index is 9.63. The first-order chi connectivity index (χ1) is 16.7. The van der Waals surface area contributed by atoms with Crippen molar-refractivity contribution in [2.45, 2.75) is 103 Å². The summed E-state index contributed by atoms with van der Waals surface area (Å²) in [5.74, 6) is 0.0586. The second-order valence-corrected chi connectivity index (χ2v) is 11.0. The van der Waals surface area contributed by atoms with E-state index in [4.69, 9.17) is 26.8 Å². The summed E-state index contributed by atoms with van der Waals surface area (Å²) in [5.41, 5.74) is 17.8. The van der Waals surface area contributed by atoms with E-state index in [-0.39, 0.29) is 41.5 Å². The van der Waals surface area contributed by atoms with Crippen molar-refractivity contribution in [1.82, 2.24) is 0 Å². The van der Waals surface area contributed by atoms with Gasteiger partial charge >= 0.3 is 0 Å². The summed E-state index contributed by atoms with van der Waals surface area (Å²) in [6, 6.07) is 4.91. The van der Waals surface area contributed by atoms with Gasteiger partial charge in [0.05, 0.1) is 12.9 Å². The lowest BCUT2D eigenvalue weighted by Gasteiger charge is -2.42. The molecule has 2 atom stereocenters. The Labute approximate surface area is 219 Å². The van der Waals surface area contributed by atoms with E-state index in [1.807, 2.05) is 0 Å². The molecule has 0 fully saturated rings. The fourth-order valence-corrected chi connectivity index (χ4v) is 4.48. The van der Waals surface area contributed by atoms with Crippen LogP contribution in [0.15, 0.2) is 49.4 Å². The zero-order valence-corrected chi connectivity index (χ0v) is 23.4. The number of aryl methyl sites for hydroxylation is 1. The van der Waals surface area contributed by atoms with Gasteiger partial charge in [-0.2, -0.15) is 0 Å². The normalized spacial score (nSPS) is 17.2. The van der Waals surface area contributed by atoms with Gasteiger partial charge in [0, 0.05) is 24.1 Å². The zero-order valence-electron chi connectivity index (χ0n) is 23.4. The molecule has 0 aliphatic heterocycles. The summed E-state index contributed by atoms with van der Waals surface area (Å²) in [6.45, 7) is 20.2.